The third-order valence-electron chi connectivity index (χ3n) is 11.4. The minimum atomic E-state index is -4.44. The van der Waals surface area contributed by atoms with Crippen LogP contribution in [0.25, 0.3) is 28.3 Å². The summed E-state index contributed by atoms with van der Waals surface area (Å²) >= 11 is 9.73. The highest BCUT2D eigenvalue weighted by Crippen LogP contribution is 2.31. The lowest BCUT2D eigenvalue weighted by Crippen LogP contribution is -2.39. The fourth-order valence-corrected chi connectivity index (χ4v) is 9.43. The Morgan fingerprint density at radius 1 is 0.688 bits per heavy atom. The van der Waals surface area contributed by atoms with Crippen molar-refractivity contribution in [3.8, 4) is 17.0 Å². The number of aromatic nitrogens is 13. The number of methoxy groups -OCH3 is 1. The topological polar surface area (TPSA) is 299 Å². The number of benzene rings is 1. The summed E-state index contributed by atoms with van der Waals surface area (Å²) in [6.45, 7) is 8.72. The number of sulfonamides is 1. The highest BCUT2D eigenvalue weighted by molar-refractivity contribution is 9.11. The summed E-state index contributed by atoms with van der Waals surface area (Å²) in [6, 6.07) is 10.6. The number of nitrogens with one attached hydrogen (secondary N) is 3. The number of aromatic amines is 1. The molecule has 2 aliphatic rings. The van der Waals surface area contributed by atoms with E-state index < -0.39 is 26.6 Å². The molecule has 2 saturated heterocycles. The van der Waals surface area contributed by atoms with Crippen LogP contribution < -0.4 is 37.8 Å². The number of nitrogen functional groups attached to an aromatic ring is 1. The lowest BCUT2D eigenvalue weighted by atomic mass is 10.1. The number of rotatable bonds is 12. The quantitative estimate of drug-likeness (QED) is 0.101. The third kappa shape index (κ3) is 14.6. The molecular weight excluding hydrogens is 1230 g/mol. The van der Waals surface area contributed by atoms with Crippen LogP contribution >= 0.6 is 47.8 Å². The number of ether oxygens (including phenoxy) is 3. The van der Waals surface area contributed by atoms with Gasteiger partial charge >= 0.3 is 17.1 Å². The van der Waals surface area contributed by atoms with E-state index in [9.17, 15) is 31.6 Å². The third-order valence-corrected chi connectivity index (χ3v) is 14.1. The zero-order valence-electron chi connectivity index (χ0n) is 40.5. The summed E-state index contributed by atoms with van der Waals surface area (Å²) in [7, 11) is -3.14. The highest BCUT2D eigenvalue weighted by atomic mass is 79.9. The molecule has 0 saturated carbocycles. The Balaban J connectivity index is 0.000000164. The average Bonchev–Trinajstić information content (AvgIpc) is 4.09. The molecule has 0 spiro atoms. The average molecular weight is 1280 g/mol. The largest absolute Gasteiger partial charge is 0.480 e. The molecule has 0 atom stereocenters. The van der Waals surface area contributed by atoms with Gasteiger partial charge in [0.1, 0.15) is 28.0 Å². The van der Waals surface area contributed by atoms with E-state index in [0.29, 0.717) is 73.1 Å². The molecule has 32 heteroatoms. The van der Waals surface area contributed by atoms with Crippen LogP contribution in [0.2, 0.25) is 0 Å². The summed E-state index contributed by atoms with van der Waals surface area (Å²) in [5.74, 6) is 4.33. The monoisotopic (exact) mass is 1270 g/mol. The van der Waals surface area contributed by atoms with Gasteiger partial charge in [0.05, 0.1) is 55.6 Å². The lowest BCUT2D eigenvalue weighted by molar-refractivity contribution is 0.0358. The molecule has 0 bridgehead atoms. The maximum absolute atomic E-state index is 14.2. The van der Waals surface area contributed by atoms with E-state index in [2.05, 4.69) is 108 Å². The molecule has 2 fully saturated rings. The van der Waals surface area contributed by atoms with Gasteiger partial charge in [0, 0.05) is 104 Å². The van der Waals surface area contributed by atoms with Gasteiger partial charge in [-0.05, 0) is 90.3 Å². The van der Waals surface area contributed by atoms with Crippen LogP contribution in [0.4, 0.5) is 20.3 Å². The molecule has 2 aliphatic heterocycles. The predicted octanol–water partition coefficient (Wildman–Crippen LogP) is 3.27. The number of hydrogen-bond donors (Lipinski definition) is 4. The smallest absolute Gasteiger partial charge is 0.351 e. The fourth-order valence-electron chi connectivity index (χ4n) is 7.47. The van der Waals surface area contributed by atoms with Gasteiger partial charge in [0.25, 0.3) is 21.6 Å². The van der Waals surface area contributed by atoms with Crippen LogP contribution in [-0.4, -0.2) is 154 Å². The molecule has 11 rings (SSSR count). The van der Waals surface area contributed by atoms with Crippen molar-refractivity contribution in [3.63, 3.8) is 0 Å². The normalized spacial score (nSPS) is 14.0. The minimum absolute atomic E-state index is 0.0611. The van der Waals surface area contributed by atoms with Gasteiger partial charge in [-0.25, -0.2) is 85.0 Å². The van der Waals surface area contributed by atoms with Crippen LogP contribution in [0.1, 0.15) is 0 Å². The summed E-state index contributed by atoms with van der Waals surface area (Å²) in [5.41, 5.74) is 3.06. The number of H-pyrrole nitrogens is 1. The zero-order valence-corrected chi connectivity index (χ0v) is 46.1. The Kier molecular flexibility index (Phi) is 19.0. The first kappa shape index (κ1) is 56.3. The first-order valence-corrected chi connectivity index (χ1v) is 26.9. The van der Waals surface area contributed by atoms with Crippen molar-refractivity contribution in [3.05, 3.63) is 148 Å². The minimum Gasteiger partial charge on any atom is -0.480 e. The van der Waals surface area contributed by atoms with Gasteiger partial charge in [0.2, 0.25) is 5.88 Å². The Bertz CT molecular complexity index is 3770. The van der Waals surface area contributed by atoms with Gasteiger partial charge in [-0.15, -0.1) is 15.3 Å². The number of pyridine rings is 3. The number of fused-ring (bicyclic) bond motifs is 3. The number of nitrogens with zero attached hydrogens (tertiary/aromatic N) is 14. The van der Waals surface area contributed by atoms with E-state index in [1.807, 2.05) is 6.07 Å². The van der Waals surface area contributed by atoms with Crippen molar-refractivity contribution >= 4 is 86.5 Å². The van der Waals surface area contributed by atoms with Crippen LogP contribution in [0.15, 0.2) is 125 Å². The molecule has 26 nitrogen and oxygen atoms in total. The molecule has 5 N–H and O–H groups in total. The number of nitrogens with two attached hydrogens (primary N) is 1. The fraction of sp³-hybridized carbons (Fsp3) is 0.289. The van der Waals surface area contributed by atoms with E-state index in [4.69, 9.17) is 20.1 Å². The van der Waals surface area contributed by atoms with Gasteiger partial charge in [-0.2, -0.15) is 0 Å². The number of anilines is 2. The number of halogens is 5. The van der Waals surface area contributed by atoms with Gasteiger partial charge in [0.15, 0.2) is 5.65 Å². The SMILES string of the molecule is COc1ncc(-c2ccc3nn(CCN4CCOCC4)c(=O)n3c2)cc1NS(=O)(=O)c1ccc(F)cc1F.NNc1ccc(Br)cn1.O=c1[nH]nc2ncc(Br)cn12.O=c1n(CCN2CCOCC2)nc2ncc(Br)cn12. The van der Waals surface area contributed by atoms with E-state index in [-0.39, 0.29) is 28.6 Å². The zero-order chi connectivity index (χ0) is 54.6. The molecule has 8 aromatic heterocycles. The Morgan fingerprint density at radius 3 is 1.94 bits per heavy atom. The molecule has 0 unspecified atom stereocenters. The molecule has 0 amide bonds. The second-order valence-corrected chi connectivity index (χ2v) is 20.8. The van der Waals surface area contributed by atoms with E-state index in [1.165, 1.54) is 41.9 Å². The Morgan fingerprint density at radius 2 is 1.31 bits per heavy atom. The molecule has 9 aromatic rings. The Labute approximate surface area is 460 Å². The molecule has 406 valence electrons. The van der Waals surface area contributed by atoms with Crippen molar-refractivity contribution < 1.29 is 31.4 Å². The van der Waals surface area contributed by atoms with Crippen LogP contribution in [0.3, 0.4) is 0 Å². The van der Waals surface area contributed by atoms with Gasteiger partial charge in [-0.3, -0.25) is 14.5 Å². The number of hydrazine groups is 1. The van der Waals surface area contributed by atoms with Crippen LogP contribution in [0, 0.1) is 11.6 Å². The molecule has 0 aliphatic carbocycles. The first-order chi connectivity index (χ1) is 37.1. The first-order valence-electron chi connectivity index (χ1n) is 23.1. The van der Waals surface area contributed by atoms with Gasteiger partial charge < -0.3 is 19.6 Å². The van der Waals surface area contributed by atoms with E-state index in [1.54, 1.807) is 55.4 Å². The molecule has 77 heavy (non-hydrogen) atoms. The summed E-state index contributed by atoms with van der Waals surface area (Å²) < 4.78 is 80.6. The lowest BCUT2D eigenvalue weighted by Gasteiger charge is -2.26. The number of hydrogen-bond acceptors (Lipinski definition) is 19. The van der Waals surface area contributed by atoms with Crippen molar-refractivity contribution in [2.75, 3.05) is 83.0 Å². The molecular formula is C45H47Br3F2N18O8S. The van der Waals surface area contributed by atoms with Crippen LogP contribution in [-0.2, 0) is 32.6 Å². The number of morpholine rings is 2. The standard InChI is InChI=1S/C24H24F2N6O5S.C11H14BrN5O2.C5H3BrN4O.C5H6BrN3/c1-36-23-20(29-38(34,35)21-4-3-18(25)13-19(21)26)12-17(14-27-23)16-2-5-22-28-32(24(33)31(22)15-16)7-6-30-8-10-37-11-9-30;12-9-7-13-10-14-17(11(18)16(10)8-9)2-1-15-3-5-19-6-4-15;6-3-1-7-4-8-9-5(11)10(4)2-3;6-4-1-2-5(9-7)8-3-4/h2-5,12-15,29H,6-11H2,1H3;7-8H,1-6H2;1-2H,(H,9,11);1-3H,7H2,(H,8,9). The predicted molar refractivity (Wildman–Crippen MR) is 287 cm³/mol. The van der Waals surface area contributed by atoms with Crippen molar-refractivity contribution in [2.24, 2.45) is 5.84 Å². The van der Waals surface area contributed by atoms with Gasteiger partial charge in [-0.1, -0.05) is 0 Å². The van der Waals surface area contributed by atoms with E-state index in [0.717, 1.165) is 71.5 Å². The van der Waals surface area contributed by atoms with Crippen molar-refractivity contribution in [1.82, 2.24) is 72.7 Å². The highest BCUT2D eigenvalue weighted by Gasteiger charge is 2.23. The summed E-state index contributed by atoms with van der Waals surface area (Å²) in [6.07, 6.45) is 11.2. The van der Waals surface area contributed by atoms with Crippen LogP contribution in [0.5, 0.6) is 5.88 Å². The summed E-state index contributed by atoms with van der Waals surface area (Å²) in [5, 5.41) is 14.5. The maximum atomic E-state index is 14.2. The van der Waals surface area contributed by atoms with E-state index >= 15 is 0 Å². The molecule has 1 aromatic carbocycles. The Hall–Kier alpha value is -6.91. The van der Waals surface area contributed by atoms with Crippen molar-refractivity contribution in [1.29, 1.82) is 0 Å². The second kappa shape index (κ2) is 26.0. The second-order valence-electron chi connectivity index (χ2n) is 16.4. The van der Waals surface area contributed by atoms with Crippen molar-refractivity contribution in [2.45, 2.75) is 18.0 Å². The summed E-state index contributed by atoms with van der Waals surface area (Å²) in [4.78, 5) is 55.8. The maximum Gasteiger partial charge on any atom is 0.351 e. The molecule has 10 heterocycles. The molecule has 0 radical (unpaired) electrons.